The molecule has 164 valence electrons. The second-order valence-corrected chi connectivity index (χ2v) is 7.70. The molecule has 1 aromatic carbocycles. The van der Waals surface area contributed by atoms with Gasteiger partial charge < -0.3 is 24.9 Å². The van der Waals surface area contributed by atoms with E-state index < -0.39 is 0 Å². The number of furan rings is 1. The maximum Gasteiger partial charge on any atom is 0.243 e. The molecule has 0 bridgehead atoms. The molecular formula is C21H29ClIN5O2. The topological polar surface area (TPSA) is 73.1 Å². The maximum absolute atomic E-state index is 11.9. The molecule has 2 aromatic rings. The normalized spacial score (nSPS) is 16.2. The first-order valence-corrected chi connectivity index (χ1v) is 10.2. The number of rotatable bonds is 7. The van der Waals surface area contributed by atoms with E-state index in [4.69, 9.17) is 16.0 Å². The van der Waals surface area contributed by atoms with Crippen LogP contribution in [0.5, 0.6) is 0 Å². The smallest absolute Gasteiger partial charge is 0.243 e. The van der Waals surface area contributed by atoms with Crippen molar-refractivity contribution in [2.45, 2.75) is 18.9 Å². The molecule has 7 nitrogen and oxygen atoms in total. The van der Waals surface area contributed by atoms with Crippen molar-refractivity contribution in [2.24, 2.45) is 4.99 Å². The van der Waals surface area contributed by atoms with Crippen LogP contribution in [0.3, 0.4) is 0 Å². The molecule has 9 heteroatoms. The highest BCUT2D eigenvalue weighted by atomic mass is 127. The summed E-state index contributed by atoms with van der Waals surface area (Å²) >= 11 is 6.12. The van der Waals surface area contributed by atoms with Crippen molar-refractivity contribution in [2.75, 3.05) is 45.2 Å². The largest absolute Gasteiger partial charge is 0.469 e. The number of nitrogens with one attached hydrogen (secondary N) is 2. The summed E-state index contributed by atoms with van der Waals surface area (Å²) in [6, 6.07) is 12.0. The first-order chi connectivity index (χ1) is 14.0. The molecule has 2 heterocycles. The van der Waals surface area contributed by atoms with Gasteiger partial charge in [0.15, 0.2) is 5.96 Å². The predicted molar refractivity (Wildman–Crippen MR) is 132 cm³/mol. The Morgan fingerprint density at radius 1 is 1.33 bits per heavy atom. The predicted octanol–water partition coefficient (Wildman–Crippen LogP) is 3.00. The van der Waals surface area contributed by atoms with E-state index in [1.165, 1.54) is 0 Å². The summed E-state index contributed by atoms with van der Waals surface area (Å²) in [7, 11) is 3.46. The molecule has 0 radical (unpaired) electrons. The van der Waals surface area contributed by atoms with Crippen molar-refractivity contribution in [3.63, 3.8) is 0 Å². The third-order valence-electron chi connectivity index (χ3n) is 4.82. The van der Waals surface area contributed by atoms with E-state index in [2.05, 4.69) is 26.6 Å². The molecule has 30 heavy (non-hydrogen) atoms. The highest BCUT2D eigenvalue weighted by Gasteiger charge is 2.23. The summed E-state index contributed by atoms with van der Waals surface area (Å²) in [5.41, 5.74) is 1.12. The average molecular weight is 546 g/mol. The van der Waals surface area contributed by atoms with Gasteiger partial charge in [0.05, 0.1) is 6.26 Å². The number of benzene rings is 1. The lowest BCUT2D eigenvalue weighted by Crippen LogP contribution is -2.45. The van der Waals surface area contributed by atoms with Crippen LogP contribution in [0, 0.1) is 0 Å². The van der Waals surface area contributed by atoms with Crippen molar-refractivity contribution in [3.05, 3.63) is 53.4 Å². The highest BCUT2D eigenvalue weighted by Crippen LogP contribution is 2.23. The zero-order valence-corrected chi connectivity index (χ0v) is 20.4. The van der Waals surface area contributed by atoms with Crippen LogP contribution in [-0.2, 0) is 11.2 Å². The fourth-order valence-electron chi connectivity index (χ4n) is 3.18. The Bertz CT molecular complexity index is 829. The summed E-state index contributed by atoms with van der Waals surface area (Å²) in [4.78, 5) is 20.3. The standard InChI is InChI=1S/C21H28ClN5O2.HI/c1-26(2)20(28)14-24-21(23-10-8-19-7-4-12-29-19)25-17-9-11-27(15-17)18-6-3-5-16(22)13-18;/h3-7,12-13,17H,8-11,14-15H2,1-2H3,(H2,23,24,25);1H. The molecule has 0 spiro atoms. The third-order valence-corrected chi connectivity index (χ3v) is 5.05. The van der Waals surface area contributed by atoms with Crippen LogP contribution in [0.1, 0.15) is 12.2 Å². The van der Waals surface area contributed by atoms with Gasteiger partial charge in [-0.1, -0.05) is 17.7 Å². The molecule has 1 atom stereocenters. The van der Waals surface area contributed by atoms with E-state index in [-0.39, 0.29) is 42.5 Å². The molecule has 0 aliphatic carbocycles. The zero-order valence-electron chi connectivity index (χ0n) is 17.3. The summed E-state index contributed by atoms with van der Waals surface area (Å²) in [5.74, 6) is 1.52. The number of hydrogen-bond donors (Lipinski definition) is 2. The Balaban J connectivity index is 0.00000320. The minimum atomic E-state index is -0.0379. The second-order valence-electron chi connectivity index (χ2n) is 7.26. The van der Waals surface area contributed by atoms with Gasteiger partial charge in [0.2, 0.25) is 5.91 Å². The molecule has 0 saturated carbocycles. The molecule has 1 amide bonds. The zero-order chi connectivity index (χ0) is 20.6. The lowest BCUT2D eigenvalue weighted by molar-refractivity contribution is -0.127. The quantitative estimate of drug-likeness (QED) is 0.318. The molecule has 1 aromatic heterocycles. The minimum Gasteiger partial charge on any atom is -0.469 e. The molecule has 1 aliphatic heterocycles. The third kappa shape index (κ3) is 7.39. The van der Waals surface area contributed by atoms with Gasteiger partial charge in [-0.2, -0.15) is 0 Å². The van der Waals surface area contributed by atoms with Gasteiger partial charge in [0.1, 0.15) is 12.3 Å². The van der Waals surface area contributed by atoms with Gasteiger partial charge in [0.25, 0.3) is 0 Å². The van der Waals surface area contributed by atoms with E-state index in [1.807, 2.05) is 30.3 Å². The molecular weight excluding hydrogens is 517 g/mol. The number of anilines is 1. The Kier molecular flexibility index (Phi) is 9.77. The summed E-state index contributed by atoms with van der Waals surface area (Å²) in [6.07, 6.45) is 3.39. The Labute approximate surface area is 199 Å². The average Bonchev–Trinajstić information content (AvgIpc) is 3.37. The van der Waals surface area contributed by atoms with E-state index >= 15 is 0 Å². The van der Waals surface area contributed by atoms with Crippen molar-refractivity contribution >= 4 is 53.1 Å². The second kappa shape index (κ2) is 12.0. The molecule has 1 saturated heterocycles. The number of carbonyl (C=O) groups excluding carboxylic acids is 1. The van der Waals surface area contributed by atoms with Crippen LogP contribution in [-0.4, -0.2) is 63.1 Å². The van der Waals surface area contributed by atoms with Crippen molar-refractivity contribution in [1.29, 1.82) is 0 Å². The SMILES string of the molecule is CN(C)C(=O)CN=C(NCCc1ccco1)NC1CCN(c2cccc(Cl)c2)C1.I. The number of likely N-dealkylation sites (N-methyl/N-ethyl adjacent to an activating group) is 1. The first kappa shape index (κ1) is 24.3. The number of nitrogens with zero attached hydrogens (tertiary/aromatic N) is 3. The molecule has 2 N–H and O–H groups in total. The van der Waals surface area contributed by atoms with E-state index in [0.29, 0.717) is 12.5 Å². The molecule has 3 rings (SSSR count). The summed E-state index contributed by atoms with van der Waals surface area (Å²) in [5, 5.41) is 7.52. The van der Waals surface area contributed by atoms with Crippen LogP contribution < -0.4 is 15.5 Å². The summed E-state index contributed by atoms with van der Waals surface area (Å²) in [6.45, 7) is 2.56. The lowest BCUT2D eigenvalue weighted by atomic mass is 10.2. The Morgan fingerprint density at radius 3 is 2.87 bits per heavy atom. The number of guanidine groups is 1. The van der Waals surface area contributed by atoms with Crippen molar-refractivity contribution < 1.29 is 9.21 Å². The van der Waals surface area contributed by atoms with Crippen LogP contribution in [0.15, 0.2) is 52.1 Å². The first-order valence-electron chi connectivity index (χ1n) is 9.79. The molecule has 1 fully saturated rings. The number of hydrogen-bond acceptors (Lipinski definition) is 4. The number of aliphatic imine (C=N–C) groups is 1. The van der Waals surface area contributed by atoms with Crippen molar-refractivity contribution in [1.82, 2.24) is 15.5 Å². The van der Waals surface area contributed by atoms with E-state index in [1.54, 1.807) is 25.3 Å². The fourth-order valence-corrected chi connectivity index (χ4v) is 3.36. The van der Waals surface area contributed by atoms with Crippen LogP contribution in [0.2, 0.25) is 5.02 Å². The fraction of sp³-hybridized carbons (Fsp3) is 0.429. The highest BCUT2D eigenvalue weighted by molar-refractivity contribution is 14.0. The lowest BCUT2D eigenvalue weighted by Gasteiger charge is -2.21. The Hall–Kier alpha value is -1.94. The van der Waals surface area contributed by atoms with Gasteiger partial charge in [0, 0.05) is 56.9 Å². The van der Waals surface area contributed by atoms with E-state index in [0.717, 1.165) is 42.4 Å². The van der Waals surface area contributed by atoms with Gasteiger partial charge >= 0.3 is 0 Å². The number of carbonyl (C=O) groups is 1. The van der Waals surface area contributed by atoms with E-state index in [9.17, 15) is 4.79 Å². The molecule has 1 unspecified atom stereocenters. The number of amides is 1. The maximum atomic E-state index is 11.9. The van der Waals surface area contributed by atoms with Gasteiger partial charge in [-0.15, -0.1) is 24.0 Å². The molecule has 1 aliphatic rings. The van der Waals surface area contributed by atoms with Gasteiger partial charge in [-0.05, 0) is 36.8 Å². The van der Waals surface area contributed by atoms with Gasteiger partial charge in [-0.25, -0.2) is 4.99 Å². The Morgan fingerprint density at radius 2 is 2.17 bits per heavy atom. The van der Waals surface area contributed by atoms with Gasteiger partial charge in [-0.3, -0.25) is 4.79 Å². The van der Waals surface area contributed by atoms with Crippen molar-refractivity contribution in [3.8, 4) is 0 Å². The number of halogens is 2. The van der Waals surface area contributed by atoms with Crippen LogP contribution >= 0.6 is 35.6 Å². The summed E-state index contributed by atoms with van der Waals surface area (Å²) < 4.78 is 5.37. The van der Waals surface area contributed by atoms with Crippen LogP contribution in [0.25, 0.3) is 0 Å². The monoisotopic (exact) mass is 545 g/mol. The minimum absolute atomic E-state index is 0. The van der Waals surface area contributed by atoms with Crippen LogP contribution in [0.4, 0.5) is 5.69 Å².